The van der Waals surface area contributed by atoms with Crippen LogP contribution in [0.4, 0.5) is 49.6 Å². The molecule has 3 atom stereocenters. The van der Waals surface area contributed by atoms with Gasteiger partial charge in [-0.05, 0) is 80.1 Å². The number of nitriles is 2. The molecule has 0 saturated heterocycles. The van der Waals surface area contributed by atoms with Crippen LogP contribution in [0.1, 0.15) is 71.2 Å². The molecule has 1 fully saturated rings. The summed E-state index contributed by atoms with van der Waals surface area (Å²) in [6.45, 7) is 7.14. The second-order valence-corrected chi connectivity index (χ2v) is 16.6. The van der Waals surface area contributed by atoms with Crippen molar-refractivity contribution in [1.82, 2.24) is 5.32 Å². The zero-order valence-corrected chi connectivity index (χ0v) is 36.5. The number of anilines is 1. The summed E-state index contributed by atoms with van der Waals surface area (Å²) in [5, 5.41) is 21.8. The number of alkyl halides is 10. The van der Waals surface area contributed by atoms with E-state index in [1.807, 2.05) is 30.3 Å². The Kier molecular flexibility index (Phi) is 15.6. The van der Waals surface area contributed by atoms with Crippen molar-refractivity contribution in [2.45, 2.75) is 70.5 Å². The second kappa shape index (κ2) is 19.7. The summed E-state index contributed by atoms with van der Waals surface area (Å²) in [6.07, 6.45) is -17.6. The first-order valence-corrected chi connectivity index (χ1v) is 19.8. The van der Waals surface area contributed by atoms with Gasteiger partial charge in [0.05, 0.1) is 28.1 Å². The molecular formula is C45H36Cl2F10N4O5. The molecule has 0 radical (unpaired) electrons. The Morgan fingerprint density at radius 1 is 0.803 bits per heavy atom. The van der Waals surface area contributed by atoms with Crippen LogP contribution in [0.3, 0.4) is 0 Å². The molecule has 2 N–H and O–H groups in total. The third kappa shape index (κ3) is 11.9. The van der Waals surface area contributed by atoms with Crippen molar-refractivity contribution in [3.8, 4) is 23.6 Å². The lowest BCUT2D eigenvalue weighted by atomic mass is 9.92. The molecule has 1 aliphatic carbocycles. The van der Waals surface area contributed by atoms with E-state index in [4.69, 9.17) is 37.9 Å². The average molecular weight is 974 g/mol. The van der Waals surface area contributed by atoms with E-state index in [1.54, 1.807) is 50.2 Å². The van der Waals surface area contributed by atoms with Crippen molar-refractivity contribution in [3.63, 3.8) is 0 Å². The monoisotopic (exact) mass is 972 g/mol. The third-order valence-corrected chi connectivity index (χ3v) is 10.8. The van der Waals surface area contributed by atoms with Gasteiger partial charge in [0, 0.05) is 16.8 Å². The van der Waals surface area contributed by atoms with Crippen LogP contribution in [0.15, 0.2) is 102 Å². The number of hydrogen-bond donors (Lipinski definition) is 2. The van der Waals surface area contributed by atoms with E-state index in [9.17, 15) is 63.5 Å². The normalized spacial score (nSPS) is 16.6. The van der Waals surface area contributed by atoms with Crippen molar-refractivity contribution in [3.05, 3.63) is 135 Å². The molecule has 2 amide bonds. The zero-order chi connectivity index (χ0) is 49.8. The number of hydrogen-bond acceptors (Lipinski definition) is 7. The fourth-order valence-corrected chi connectivity index (χ4v) is 6.83. The third-order valence-electron chi connectivity index (χ3n) is 10.1. The van der Waals surface area contributed by atoms with Crippen molar-refractivity contribution < 1.29 is 67.8 Å². The molecule has 0 unspecified atom stereocenters. The highest BCUT2D eigenvalue weighted by Gasteiger charge is 2.73. The number of rotatable bonds is 11. The van der Waals surface area contributed by atoms with Gasteiger partial charge in [0.15, 0.2) is 0 Å². The number of amides is 2. The van der Waals surface area contributed by atoms with Crippen LogP contribution in [0.25, 0.3) is 0 Å². The van der Waals surface area contributed by atoms with E-state index < -0.39 is 81.5 Å². The number of carbonyl (C=O) groups excluding carboxylic acids is 3. The predicted octanol–water partition coefficient (Wildman–Crippen LogP) is 12.8. The molecule has 1 aliphatic rings. The van der Waals surface area contributed by atoms with Crippen molar-refractivity contribution >= 4 is 46.7 Å². The summed E-state index contributed by atoms with van der Waals surface area (Å²) >= 11 is 11.4. The summed E-state index contributed by atoms with van der Waals surface area (Å²) in [4.78, 5) is 38.1. The first kappa shape index (κ1) is 52.3. The van der Waals surface area contributed by atoms with Gasteiger partial charge in [-0.1, -0.05) is 91.7 Å². The molecule has 5 rings (SSSR count). The Bertz CT molecular complexity index is 2570. The van der Waals surface area contributed by atoms with Crippen LogP contribution in [-0.4, -0.2) is 41.9 Å². The number of aryl methyl sites for hydroxylation is 1. The van der Waals surface area contributed by atoms with E-state index in [0.717, 1.165) is 13.0 Å². The molecule has 66 heavy (non-hydrogen) atoms. The number of ether oxygens (including phenoxy) is 2. The van der Waals surface area contributed by atoms with E-state index in [2.05, 4.69) is 10.6 Å². The van der Waals surface area contributed by atoms with Gasteiger partial charge < -0.3 is 20.1 Å². The molecule has 0 aliphatic heterocycles. The quantitative estimate of drug-likeness (QED) is 0.113. The van der Waals surface area contributed by atoms with Gasteiger partial charge in [0.2, 0.25) is 6.10 Å². The highest BCUT2D eigenvalue weighted by Crippen LogP contribution is 2.61. The molecule has 0 bridgehead atoms. The fraction of sp³-hybridized carbons (Fsp3) is 0.311. The first-order valence-electron chi connectivity index (χ1n) is 19.0. The molecule has 350 valence electrons. The Hall–Kier alpha value is -6.31. The maximum absolute atomic E-state index is 14.3. The lowest BCUT2D eigenvalue weighted by Gasteiger charge is -2.30. The fourth-order valence-electron chi connectivity index (χ4n) is 6.43. The molecule has 4 aromatic carbocycles. The maximum Gasteiger partial charge on any atom is 0.435 e. The van der Waals surface area contributed by atoms with Crippen LogP contribution >= 0.6 is 23.2 Å². The van der Waals surface area contributed by atoms with Gasteiger partial charge in [0.25, 0.3) is 11.8 Å². The highest BCUT2D eigenvalue weighted by atomic mass is 35.5. The average Bonchev–Trinajstić information content (AvgIpc) is 3.77. The topological polar surface area (TPSA) is 141 Å². The maximum atomic E-state index is 14.3. The molecule has 9 nitrogen and oxygen atoms in total. The Labute approximate surface area is 380 Å². The lowest BCUT2D eigenvalue weighted by molar-refractivity contribution is -0.348. The number of benzene rings is 4. The van der Waals surface area contributed by atoms with Gasteiger partial charge >= 0.3 is 30.2 Å². The van der Waals surface area contributed by atoms with Crippen molar-refractivity contribution in [2.75, 3.05) is 5.32 Å². The van der Waals surface area contributed by atoms with E-state index in [0.29, 0.717) is 29.2 Å². The summed E-state index contributed by atoms with van der Waals surface area (Å²) in [6, 6.07) is 24.3. The highest BCUT2D eigenvalue weighted by molar-refractivity contribution is 6.35. The molecule has 0 aromatic heterocycles. The zero-order valence-electron chi connectivity index (χ0n) is 34.9. The second-order valence-electron chi connectivity index (χ2n) is 15.8. The molecule has 21 heteroatoms. The van der Waals surface area contributed by atoms with E-state index in [1.165, 1.54) is 32.0 Å². The number of allylic oxidation sites excluding steroid dienone is 2. The van der Waals surface area contributed by atoms with E-state index in [-0.39, 0.29) is 33.5 Å². The Balaban J connectivity index is 0.000000290. The van der Waals surface area contributed by atoms with Crippen LogP contribution in [-0.2, 0) is 15.2 Å². The number of nitrogens with zero attached hydrogens (tertiary/aromatic N) is 2. The number of para-hydroxylation sites is 1. The predicted molar refractivity (Wildman–Crippen MR) is 221 cm³/mol. The minimum atomic E-state index is -6.29. The minimum Gasteiger partial charge on any atom is -0.457 e. The summed E-state index contributed by atoms with van der Waals surface area (Å²) < 4.78 is 142. The Morgan fingerprint density at radius 2 is 1.39 bits per heavy atom. The van der Waals surface area contributed by atoms with Crippen LogP contribution in [0, 0.1) is 46.8 Å². The number of halogens is 12. The van der Waals surface area contributed by atoms with Crippen LogP contribution in [0.5, 0.6) is 11.5 Å². The molecular weight excluding hydrogens is 937 g/mol. The SMILES string of the molecule is CC1(C)[C@H](C(=O)O[C@H](C#N)c2cccc(Oc3ccccc3)c2)[C@@H]1/C=C(\Cl)C(F)(F)F.Cc1cc(C(F)(C(F)(F)F)C(F)(F)F)ccc1NC(=O)c1cccc(Cl)c1C(=O)NC(C)(C)C#N. The molecule has 1 saturated carbocycles. The molecule has 0 spiro atoms. The largest absolute Gasteiger partial charge is 0.457 e. The smallest absolute Gasteiger partial charge is 0.435 e. The number of carbonyl (C=O) groups is 3. The van der Waals surface area contributed by atoms with Crippen molar-refractivity contribution in [2.24, 2.45) is 17.3 Å². The van der Waals surface area contributed by atoms with Gasteiger partial charge in [-0.2, -0.15) is 50.0 Å². The van der Waals surface area contributed by atoms with E-state index >= 15 is 0 Å². The van der Waals surface area contributed by atoms with Gasteiger partial charge in [0.1, 0.15) is 28.1 Å². The summed E-state index contributed by atoms with van der Waals surface area (Å²) in [5.74, 6) is -3.13. The standard InChI is InChI=1S/C23H19ClF3NO3.C22H17ClF7N3O2/c1-22(2)17(12-19(24)23(25,26)27)20(22)21(29)31-18(13-28)14-7-6-10-16(11-14)30-15-8-4-3-5-9-15;1-11-9-12(20(24,21(25,26)27)22(28,29)30)7-8-15(11)32-17(34)13-5-4-6-14(23)16(13)18(35)33-19(2,3)10-31/h3-12,17-18,20H,1-2H3;4-9H,1-3H3,(H,32,34)(H,33,35)/b19-12-;/t17-,18+,20-;/m0./s1. The Morgan fingerprint density at radius 3 is 1.94 bits per heavy atom. The summed E-state index contributed by atoms with van der Waals surface area (Å²) in [5.41, 5.74) is -10.2. The minimum absolute atomic E-state index is 0.159. The number of esters is 1. The van der Waals surface area contributed by atoms with Gasteiger partial charge in [-0.25, -0.2) is 4.39 Å². The van der Waals surface area contributed by atoms with Crippen molar-refractivity contribution in [1.29, 1.82) is 10.5 Å². The summed E-state index contributed by atoms with van der Waals surface area (Å²) in [7, 11) is 0. The van der Waals surface area contributed by atoms with Crippen LogP contribution in [0.2, 0.25) is 5.02 Å². The number of nitrogens with one attached hydrogen (secondary N) is 2. The van der Waals surface area contributed by atoms with Gasteiger partial charge in [-0.15, -0.1) is 0 Å². The molecule has 4 aromatic rings. The van der Waals surface area contributed by atoms with Gasteiger partial charge in [-0.3, -0.25) is 14.4 Å². The first-order chi connectivity index (χ1) is 30.4. The van der Waals surface area contributed by atoms with Crippen LogP contribution < -0.4 is 15.4 Å². The molecule has 0 heterocycles. The lowest BCUT2D eigenvalue weighted by Crippen LogP contribution is -2.50.